The monoisotopic (exact) mass is 435 g/mol. The van der Waals surface area contributed by atoms with E-state index in [1.807, 2.05) is 31.2 Å². The van der Waals surface area contributed by atoms with Crippen molar-refractivity contribution in [2.75, 3.05) is 0 Å². The first-order valence-electron chi connectivity index (χ1n) is 6.20. The number of hydrogen-bond acceptors (Lipinski definition) is 2. The molecule has 21 heavy (non-hydrogen) atoms. The van der Waals surface area contributed by atoms with Crippen LogP contribution >= 0.6 is 43.5 Å². The van der Waals surface area contributed by atoms with Crippen LogP contribution in [0, 0.1) is 5.82 Å². The van der Waals surface area contributed by atoms with Crippen LogP contribution in [0.4, 0.5) is 4.39 Å². The summed E-state index contributed by atoms with van der Waals surface area (Å²) in [5.74, 6) is -0.170. The standard InChI is InChI=1S/C15H13Br2ClFNO/c1-8(20)15(9-2-4-10(16)5-3-9)21-14-7-13(19)12(18)6-11(14)17/h2-8,15H,20H2,1H3. The van der Waals surface area contributed by atoms with Crippen molar-refractivity contribution in [3.63, 3.8) is 0 Å². The fraction of sp³-hybridized carbons (Fsp3) is 0.200. The molecule has 0 aliphatic rings. The summed E-state index contributed by atoms with van der Waals surface area (Å²) in [6, 6.07) is 10.1. The number of halogens is 4. The van der Waals surface area contributed by atoms with Crippen molar-refractivity contribution in [3.05, 3.63) is 61.7 Å². The lowest BCUT2D eigenvalue weighted by atomic mass is 10.0. The van der Waals surface area contributed by atoms with Crippen molar-refractivity contribution in [1.82, 2.24) is 0 Å². The second-order valence-corrected chi connectivity index (χ2v) is 6.82. The van der Waals surface area contributed by atoms with Gasteiger partial charge in [0.15, 0.2) is 0 Å². The second kappa shape index (κ2) is 7.09. The van der Waals surface area contributed by atoms with Gasteiger partial charge in [-0.15, -0.1) is 0 Å². The normalized spacial score (nSPS) is 13.8. The Balaban J connectivity index is 2.33. The van der Waals surface area contributed by atoms with Gasteiger partial charge in [0, 0.05) is 16.6 Å². The van der Waals surface area contributed by atoms with E-state index in [0.29, 0.717) is 10.2 Å². The first-order chi connectivity index (χ1) is 9.88. The smallest absolute Gasteiger partial charge is 0.145 e. The van der Waals surface area contributed by atoms with Crippen LogP contribution in [-0.4, -0.2) is 6.04 Å². The predicted octanol–water partition coefficient (Wildman–Crippen LogP) is 5.47. The van der Waals surface area contributed by atoms with Gasteiger partial charge in [0.05, 0.1) is 9.50 Å². The molecule has 2 rings (SSSR count). The number of ether oxygens (including phenoxy) is 1. The van der Waals surface area contributed by atoms with Crippen molar-refractivity contribution in [3.8, 4) is 5.75 Å². The van der Waals surface area contributed by atoms with Gasteiger partial charge < -0.3 is 10.5 Å². The Hall–Kier alpha value is -0.620. The first-order valence-corrected chi connectivity index (χ1v) is 8.17. The molecule has 2 unspecified atom stereocenters. The third kappa shape index (κ3) is 4.19. The Morgan fingerprint density at radius 1 is 1.19 bits per heavy atom. The zero-order chi connectivity index (χ0) is 15.6. The molecule has 0 heterocycles. The fourth-order valence-electron chi connectivity index (χ4n) is 1.86. The van der Waals surface area contributed by atoms with Crippen LogP contribution in [0.3, 0.4) is 0 Å². The lowest BCUT2D eigenvalue weighted by molar-refractivity contribution is 0.178. The molecule has 112 valence electrons. The summed E-state index contributed by atoms with van der Waals surface area (Å²) < 4.78 is 21.0. The Kier molecular flexibility index (Phi) is 5.66. The van der Waals surface area contributed by atoms with Crippen molar-refractivity contribution in [2.45, 2.75) is 19.1 Å². The topological polar surface area (TPSA) is 35.2 Å². The molecule has 2 N–H and O–H groups in total. The van der Waals surface area contributed by atoms with E-state index in [4.69, 9.17) is 22.1 Å². The zero-order valence-corrected chi connectivity index (χ0v) is 15.0. The quantitative estimate of drug-likeness (QED) is 0.644. The zero-order valence-electron chi connectivity index (χ0n) is 11.1. The lowest BCUT2D eigenvalue weighted by Crippen LogP contribution is -2.29. The minimum Gasteiger partial charge on any atom is -0.483 e. The van der Waals surface area contributed by atoms with Crippen LogP contribution in [0.2, 0.25) is 5.02 Å². The van der Waals surface area contributed by atoms with E-state index in [-0.39, 0.29) is 11.1 Å². The molecule has 6 heteroatoms. The van der Waals surface area contributed by atoms with Crippen LogP contribution < -0.4 is 10.5 Å². The van der Waals surface area contributed by atoms with Crippen LogP contribution in [-0.2, 0) is 0 Å². The van der Waals surface area contributed by atoms with Gasteiger partial charge >= 0.3 is 0 Å². The fourth-order valence-corrected chi connectivity index (χ4v) is 2.86. The highest BCUT2D eigenvalue weighted by Gasteiger charge is 2.20. The van der Waals surface area contributed by atoms with Gasteiger partial charge in [-0.1, -0.05) is 39.7 Å². The van der Waals surface area contributed by atoms with E-state index in [1.165, 1.54) is 12.1 Å². The largest absolute Gasteiger partial charge is 0.483 e. The van der Waals surface area contributed by atoms with Gasteiger partial charge in [-0.3, -0.25) is 0 Å². The first kappa shape index (κ1) is 16.7. The molecule has 2 atom stereocenters. The van der Waals surface area contributed by atoms with Gasteiger partial charge in [0.2, 0.25) is 0 Å². The number of hydrogen-bond donors (Lipinski definition) is 1. The van der Waals surface area contributed by atoms with Gasteiger partial charge in [-0.25, -0.2) is 4.39 Å². The molecule has 0 aromatic heterocycles. The number of benzene rings is 2. The maximum absolute atomic E-state index is 13.6. The van der Waals surface area contributed by atoms with Crippen LogP contribution in [0.15, 0.2) is 45.3 Å². The van der Waals surface area contributed by atoms with Gasteiger partial charge in [0.1, 0.15) is 17.7 Å². The van der Waals surface area contributed by atoms with E-state index in [1.54, 1.807) is 0 Å². The summed E-state index contributed by atoms with van der Waals surface area (Å²) in [6.07, 6.45) is -0.394. The minimum atomic E-state index is -0.533. The van der Waals surface area contributed by atoms with Gasteiger partial charge in [-0.2, -0.15) is 0 Å². The Bertz CT molecular complexity index is 634. The number of rotatable bonds is 4. The molecular formula is C15H13Br2ClFNO. The SMILES string of the molecule is CC(N)C(Oc1cc(F)c(Cl)cc1Br)c1ccc(Br)cc1. The Morgan fingerprint density at radius 3 is 2.38 bits per heavy atom. The molecule has 0 bridgehead atoms. The van der Waals surface area contributed by atoms with Gasteiger partial charge in [-0.05, 0) is 46.6 Å². The number of nitrogens with two attached hydrogens (primary N) is 1. The Morgan fingerprint density at radius 2 is 1.81 bits per heavy atom. The summed E-state index contributed by atoms with van der Waals surface area (Å²) in [6.45, 7) is 1.84. The maximum atomic E-state index is 13.6. The second-order valence-electron chi connectivity index (χ2n) is 4.65. The molecule has 2 aromatic carbocycles. The molecule has 0 fully saturated rings. The van der Waals surface area contributed by atoms with Crippen LogP contribution in [0.5, 0.6) is 5.75 Å². The average molecular weight is 438 g/mol. The summed E-state index contributed by atoms with van der Waals surface area (Å²) in [7, 11) is 0. The molecule has 0 amide bonds. The molecule has 0 radical (unpaired) electrons. The molecule has 0 spiro atoms. The van der Waals surface area contributed by atoms with Crippen molar-refractivity contribution < 1.29 is 9.13 Å². The summed E-state index contributed by atoms with van der Waals surface area (Å²) in [5.41, 5.74) is 6.91. The summed E-state index contributed by atoms with van der Waals surface area (Å²) in [5, 5.41) is 0.0372. The van der Waals surface area contributed by atoms with E-state index in [9.17, 15) is 4.39 Å². The Labute approximate surface area is 144 Å². The third-order valence-corrected chi connectivity index (χ3v) is 4.34. The highest BCUT2D eigenvalue weighted by Crippen LogP contribution is 2.34. The summed E-state index contributed by atoms with van der Waals surface area (Å²) in [4.78, 5) is 0. The molecule has 2 aromatic rings. The highest BCUT2D eigenvalue weighted by molar-refractivity contribution is 9.10. The average Bonchev–Trinajstić information content (AvgIpc) is 2.42. The van der Waals surface area contributed by atoms with Crippen molar-refractivity contribution in [2.24, 2.45) is 5.73 Å². The molecule has 0 saturated carbocycles. The lowest BCUT2D eigenvalue weighted by Gasteiger charge is -2.24. The van der Waals surface area contributed by atoms with E-state index >= 15 is 0 Å². The van der Waals surface area contributed by atoms with Crippen molar-refractivity contribution >= 4 is 43.5 Å². The van der Waals surface area contributed by atoms with E-state index in [0.717, 1.165) is 10.0 Å². The molecule has 0 aliphatic carbocycles. The molecule has 0 saturated heterocycles. The molecule has 0 aliphatic heterocycles. The summed E-state index contributed by atoms with van der Waals surface area (Å²) >= 11 is 12.4. The molecular weight excluding hydrogens is 424 g/mol. The minimum absolute atomic E-state index is 0.0372. The van der Waals surface area contributed by atoms with Gasteiger partial charge in [0.25, 0.3) is 0 Å². The third-order valence-electron chi connectivity index (χ3n) is 2.90. The molecule has 2 nitrogen and oxygen atoms in total. The maximum Gasteiger partial charge on any atom is 0.145 e. The van der Waals surface area contributed by atoms with Crippen molar-refractivity contribution in [1.29, 1.82) is 0 Å². The van der Waals surface area contributed by atoms with Crippen LogP contribution in [0.1, 0.15) is 18.6 Å². The highest BCUT2D eigenvalue weighted by atomic mass is 79.9. The van der Waals surface area contributed by atoms with E-state index < -0.39 is 11.9 Å². The van der Waals surface area contributed by atoms with E-state index in [2.05, 4.69) is 31.9 Å². The van der Waals surface area contributed by atoms with Crippen LogP contribution in [0.25, 0.3) is 0 Å². The predicted molar refractivity (Wildman–Crippen MR) is 90.3 cm³/mol.